The lowest BCUT2D eigenvalue weighted by Gasteiger charge is -2.29. The molecule has 0 aromatic heterocycles. The first-order valence-corrected chi connectivity index (χ1v) is 7.60. The fraction of sp³-hybridized carbons (Fsp3) is 0.529. The minimum Gasteiger partial charge on any atom is -0.478 e. The first-order chi connectivity index (χ1) is 10.6. The maximum absolute atomic E-state index is 11.4. The van der Waals surface area contributed by atoms with E-state index in [2.05, 4.69) is 0 Å². The van der Waals surface area contributed by atoms with Crippen LogP contribution in [-0.4, -0.2) is 36.2 Å². The van der Waals surface area contributed by atoms with Crippen molar-refractivity contribution < 1.29 is 24.2 Å². The summed E-state index contributed by atoms with van der Waals surface area (Å²) in [6.07, 6.45) is 4.49. The molecule has 0 saturated heterocycles. The van der Waals surface area contributed by atoms with Gasteiger partial charge in [0.1, 0.15) is 12.9 Å². The molecule has 120 valence electrons. The van der Waals surface area contributed by atoms with Gasteiger partial charge in [-0.05, 0) is 43.7 Å². The van der Waals surface area contributed by atoms with Crippen molar-refractivity contribution in [2.75, 3.05) is 6.61 Å². The number of aromatic carboxylic acids is 1. The number of carboxylic acid groups (broad SMARTS) is 1. The van der Waals surface area contributed by atoms with Gasteiger partial charge in [0.2, 0.25) is 0 Å². The van der Waals surface area contributed by atoms with E-state index in [1.54, 1.807) is 19.1 Å². The molecule has 1 aromatic carbocycles. The second-order valence-electron chi connectivity index (χ2n) is 5.64. The van der Waals surface area contributed by atoms with Crippen molar-refractivity contribution in [3.05, 3.63) is 34.9 Å². The molecule has 22 heavy (non-hydrogen) atoms. The molecular formula is C17H22O5. The van der Waals surface area contributed by atoms with Crippen LogP contribution in [0.2, 0.25) is 0 Å². The Morgan fingerprint density at radius 2 is 2.05 bits per heavy atom. The highest BCUT2D eigenvalue weighted by molar-refractivity contribution is 5.91. The third-order valence-corrected chi connectivity index (χ3v) is 4.03. The molecular weight excluding hydrogens is 284 g/mol. The molecule has 0 unspecified atom stereocenters. The third kappa shape index (κ3) is 4.39. The molecule has 0 aliphatic heterocycles. The van der Waals surface area contributed by atoms with Crippen molar-refractivity contribution in [3.63, 3.8) is 0 Å². The van der Waals surface area contributed by atoms with Gasteiger partial charge in [-0.15, -0.1) is 0 Å². The number of aldehydes is 1. The van der Waals surface area contributed by atoms with Gasteiger partial charge in [0.25, 0.3) is 0 Å². The van der Waals surface area contributed by atoms with Gasteiger partial charge in [-0.1, -0.05) is 18.2 Å². The van der Waals surface area contributed by atoms with Crippen LogP contribution in [0.1, 0.15) is 47.2 Å². The van der Waals surface area contributed by atoms with E-state index in [0.717, 1.165) is 37.5 Å². The molecule has 0 spiro atoms. The van der Waals surface area contributed by atoms with Crippen LogP contribution in [0.3, 0.4) is 0 Å². The molecule has 1 N–H and O–H groups in total. The summed E-state index contributed by atoms with van der Waals surface area (Å²) in [5, 5.41) is 9.31. The first kappa shape index (κ1) is 16.6. The number of rotatable bonds is 7. The maximum atomic E-state index is 11.4. The van der Waals surface area contributed by atoms with E-state index in [1.165, 1.54) is 0 Å². The Bertz CT molecular complexity index is 526. The van der Waals surface area contributed by atoms with E-state index in [1.807, 2.05) is 6.07 Å². The highest BCUT2D eigenvalue weighted by Gasteiger charge is 2.23. The van der Waals surface area contributed by atoms with Gasteiger partial charge < -0.3 is 19.4 Å². The van der Waals surface area contributed by atoms with Crippen molar-refractivity contribution in [3.8, 4) is 0 Å². The van der Waals surface area contributed by atoms with Gasteiger partial charge in [-0.2, -0.15) is 0 Å². The highest BCUT2D eigenvalue weighted by atomic mass is 16.5. The number of carbonyl (C=O) groups is 2. The molecule has 1 aliphatic carbocycles. The number of carbonyl (C=O) groups excluding carboxylic acids is 1. The first-order valence-electron chi connectivity index (χ1n) is 7.60. The number of ether oxygens (including phenoxy) is 2. The number of carboxylic acids is 1. The van der Waals surface area contributed by atoms with Crippen LogP contribution in [0.25, 0.3) is 0 Å². The lowest BCUT2D eigenvalue weighted by Crippen LogP contribution is -2.28. The van der Waals surface area contributed by atoms with Gasteiger partial charge in [-0.25, -0.2) is 4.79 Å². The van der Waals surface area contributed by atoms with Crippen LogP contribution in [0.15, 0.2) is 18.2 Å². The summed E-state index contributed by atoms with van der Waals surface area (Å²) in [7, 11) is 0. The molecule has 2 rings (SSSR count). The second kappa shape index (κ2) is 8.06. The van der Waals surface area contributed by atoms with Gasteiger partial charge >= 0.3 is 5.97 Å². The zero-order chi connectivity index (χ0) is 15.9. The molecule has 2 atom stereocenters. The fourth-order valence-corrected chi connectivity index (χ4v) is 2.94. The molecule has 0 heterocycles. The van der Waals surface area contributed by atoms with Crippen LogP contribution in [0.5, 0.6) is 0 Å². The number of aryl methyl sites for hydroxylation is 1. The van der Waals surface area contributed by atoms with Crippen LogP contribution in [0, 0.1) is 6.92 Å². The Morgan fingerprint density at radius 3 is 2.73 bits per heavy atom. The monoisotopic (exact) mass is 306 g/mol. The summed E-state index contributed by atoms with van der Waals surface area (Å²) in [6.45, 7) is 2.20. The average Bonchev–Trinajstić information content (AvgIpc) is 2.51. The Balaban J connectivity index is 1.94. The standard InChI is InChI=1S/C17H22O5/c1-12-4-2-5-13(16(12)17(19)20)11-22-15-7-3-6-14(10-15)21-9-8-18/h2,4-5,8,14-15H,3,6-7,9-11H2,1H3,(H,19,20)/t14-,15+/m1/s1. The lowest BCUT2D eigenvalue weighted by molar-refractivity contribution is -0.116. The zero-order valence-corrected chi connectivity index (χ0v) is 12.8. The smallest absolute Gasteiger partial charge is 0.336 e. The summed E-state index contributed by atoms with van der Waals surface area (Å²) in [5.41, 5.74) is 1.76. The van der Waals surface area contributed by atoms with E-state index in [0.29, 0.717) is 11.1 Å². The molecule has 0 bridgehead atoms. The molecule has 1 aromatic rings. The number of hydrogen-bond acceptors (Lipinski definition) is 4. The molecule has 1 saturated carbocycles. The predicted molar refractivity (Wildman–Crippen MR) is 81.0 cm³/mol. The summed E-state index contributed by atoms with van der Waals surface area (Å²) >= 11 is 0. The normalized spacial score (nSPS) is 21.5. The Labute approximate surface area is 130 Å². The Morgan fingerprint density at radius 1 is 1.32 bits per heavy atom. The molecule has 1 fully saturated rings. The number of hydrogen-bond donors (Lipinski definition) is 1. The Kier molecular flexibility index (Phi) is 6.10. The van der Waals surface area contributed by atoms with Crippen LogP contribution < -0.4 is 0 Å². The summed E-state index contributed by atoms with van der Waals surface area (Å²) in [5.74, 6) is -0.924. The summed E-state index contributed by atoms with van der Waals surface area (Å²) in [4.78, 5) is 21.7. The van der Waals surface area contributed by atoms with E-state index >= 15 is 0 Å². The SMILES string of the molecule is Cc1cccc(CO[C@H]2CCC[C@@H](OCC=O)C2)c1C(=O)O. The molecule has 0 radical (unpaired) electrons. The molecule has 1 aliphatic rings. The van der Waals surface area contributed by atoms with E-state index in [-0.39, 0.29) is 25.4 Å². The van der Waals surface area contributed by atoms with E-state index in [4.69, 9.17) is 9.47 Å². The van der Waals surface area contributed by atoms with Gasteiger partial charge in [0.15, 0.2) is 0 Å². The van der Waals surface area contributed by atoms with Gasteiger partial charge in [0.05, 0.1) is 24.4 Å². The highest BCUT2D eigenvalue weighted by Crippen LogP contribution is 2.25. The average molecular weight is 306 g/mol. The van der Waals surface area contributed by atoms with E-state index in [9.17, 15) is 14.7 Å². The fourth-order valence-electron chi connectivity index (χ4n) is 2.94. The lowest BCUT2D eigenvalue weighted by atomic mass is 9.94. The van der Waals surface area contributed by atoms with Crippen molar-refractivity contribution in [1.29, 1.82) is 0 Å². The van der Waals surface area contributed by atoms with Crippen LogP contribution >= 0.6 is 0 Å². The molecule has 5 nitrogen and oxygen atoms in total. The topological polar surface area (TPSA) is 72.8 Å². The van der Waals surface area contributed by atoms with Crippen molar-refractivity contribution in [1.82, 2.24) is 0 Å². The van der Waals surface area contributed by atoms with Crippen LogP contribution in [-0.2, 0) is 20.9 Å². The van der Waals surface area contributed by atoms with Gasteiger partial charge in [-0.3, -0.25) is 0 Å². The van der Waals surface area contributed by atoms with Gasteiger partial charge in [0, 0.05) is 0 Å². The minimum atomic E-state index is -0.924. The quantitative estimate of drug-likeness (QED) is 0.784. The predicted octanol–water partition coefficient (Wildman–Crippen LogP) is 2.74. The zero-order valence-electron chi connectivity index (χ0n) is 12.8. The summed E-state index contributed by atoms with van der Waals surface area (Å²) < 4.78 is 11.3. The largest absolute Gasteiger partial charge is 0.478 e. The Hall–Kier alpha value is -1.72. The molecule has 0 amide bonds. The number of benzene rings is 1. The van der Waals surface area contributed by atoms with E-state index < -0.39 is 5.97 Å². The van der Waals surface area contributed by atoms with Crippen molar-refractivity contribution in [2.45, 2.75) is 51.4 Å². The summed E-state index contributed by atoms with van der Waals surface area (Å²) in [6, 6.07) is 5.42. The molecule has 5 heteroatoms. The van der Waals surface area contributed by atoms with Crippen LogP contribution in [0.4, 0.5) is 0 Å². The van der Waals surface area contributed by atoms with Crippen molar-refractivity contribution in [2.24, 2.45) is 0 Å². The maximum Gasteiger partial charge on any atom is 0.336 e. The van der Waals surface area contributed by atoms with Crippen molar-refractivity contribution >= 4 is 12.3 Å². The minimum absolute atomic E-state index is 0.0487. The second-order valence-corrected chi connectivity index (χ2v) is 5.64. The third-order valence-electron chi connectivity index (χ3n) is 4.03.